The monoisotopic (exact) mass is 304 g/mol. The van der Waals surface area contributed by atoms with Crippen LogP contribution in [0.5, 0.6) is 0 Å². The SMILES string of the molecule is CC(C)N(Cc1ccccc1)C(=O)CNC1(CO)CCCC1. The first-order valence-corrected chi connectivity index (χ1v) is 8.26. The summed E-state index contributed by atoms with van der Waals surface area (Å²) in [6.45, 7) is 5.12. The van der Waals surface area contributed by atoms with E-state index >= 15 is 0 Å². The van der Waals surface area contributed by atoms with E-state index < -0.39 is 0 Å². The molecule has 1 amide bonds. The molecule has 1 aromatic rings. The van der Waals surface area contributed by atoms with Crippen molar-refractivity contribution < 1.29 is 9.90 Å². The number of rotatable bonds is 7. The summed E-state index contributed by atoms with van der Waals surface area (Å²) in [6.07, 6.45) is 4.16. The molecule has 0 radical (unpaired) electrons. The summed E-state index contributed by atoms with van der Waals surface area (Å²) in [4.78, 5) is 14.5. The smallest absolute Gasteiger partial charge is 0.237 e. The van der Waals surface area contributed by atoms with Crippen LogP contribution in [0.2, 0.25) is 0 Å². The summed E-state index contributed by atoms with van der Waals surface area (Å²) >= 11 is 0. The number of amides is 1. The van der Waals surface area contributed by atoms with Gasteiger partial charge in [0, 0.05) is 18.1 Å². The van der Waals surface area contributed by atoms with Crippen LogP contribution in [0.25, 0.3) is 0 Å². The summed E-state index contributed by atoms with van der Waals surface area (Å²) in [5, 5.41) is 12.9. The van der Waals surface area contributed by atoms with Gasteiger partial charge in [0.1, 0.15) is 0 Å². The van der Waals surface area contributed by atoms with Crippen molar-refractivity contribution in [3.63, 3.8) is 0 Å². The molecule has 0 unspecified atom stereocenters. The van der Waals surface area contributed by atoms with Gasteiger partial charge in [-0.05, 0) is 32.3 Å². The van der Waals surface area contributed by atoms with Crippen LogP contribution in [0.15, 0.2) is 30.3 Å². The molecule has 1 aromatic carbocycles. The van der Waals surface area contributed by atoms with Crippen molar-refractivity contribution in [1.29, 1.82) is 0 Å². The van der Waals surface area contributed by atoms with E-state index in [4.69, 9.17) is 0 Å². The average molecular weight is 304 g/mol. The molecule has 1 saturated carbocycles. The summed E-state index contributed by atoms with van der Waals surface area (Å²) in [5.41, 5.74) is 0.896. The van der Waals surface area contributed by atoms with Gasteiger partial charge in [0.25, 0.3) is 0 Å². The minimum Gasteiger partial charge on any atom is -0.394 e. The van der Waals surface area contributed by atoms with Crippen molar-refractivity contribution >= 4 is 5.91 Å². The second-order valence-electron chi connectivity index (χ2n) is 6.60. The number of aliphatic hydroxyl groups excluding tert-OH is 1. The summed E-state index contributed by atoms with van der Waals surface area (Å²) in [7, 11) is 0. The molecule has 1 fully saturated rings. The number of benzene rings is 1. The third-order valence-electron chi connectivity index (χ3n) is 4.62. The summed E-state index contributed by atoms with van der Waals surface area (Å²) in [5.74, 6) is 0.0959. The Labute approximate surface area is 133 Å². The minimum atomic E-state index is -0.245. The number of carbonyl (C=O) groups excluding carboxylic acids is 1. The van der Waals surface area contributed by atoms with Crippen molar-refractivity contribution in [3.05, 3.63) is 35.9 Å². The van der Waals surface area contributed by atoms with E-state index in [0.717, 1.165) is 31.2 Å². The Balaban J connectivity index is 1.95. The quantitative estimate of drug-likeness (QED) is 0.813. The van der Waals surface area contributed by atoms with E-state index in [1.54, 1.807) is 0 Å². The molecule has 4 nitrogen and oxygen atoms in total. The molecule has 1 aliphatic rings. The highest BCUT2D eigenvalue weighted by Crippen LogP contribution is 2.28. The molecular weight excluding hydrogens is 276 g/mol. The van der Waals surface area contributed by atoms with Gasteiger partial charge < -0.3 is 15.3 Å². The Kier molecular flexibility index (Phi) is 5.98. The maximum Gasteiger partial charge on any atom is 0.237 e. The second kappa shape index (κ2) is 7.75. The van der Waals surface area contributed by atoms with Crippen molar-refractivity contribution in [3.8, 4) is 0 Å². The van der Waals surface area contributed by atoms with E-state index in [-0.39, 0.29) is 24.1 Å². The van der Waals surface area contributed by atoms with Crippen molar-refractivity contribution in [2.24, 2.45) is 0 Å². The highest BCUT2D eigenvalue weighted by atomic mass is 16.3. The molecule has 22 heavy (non-hydrogen) atoms. The lowest BCUT2D eigenvalue weighted by Gasteiger charge is -2.31. The molecule has 122 valence electrons. The largest absolute Gasteiger partial charge is 0.394 e. The van der Waals surface area contributed by atoms with E-state index in [9.17, 15) is 9.90 Å². The molecular formula is C18H28N2O2. The van der Waals surface area contributed by atoms with Crippen molar-refractivity contribution in [2.45, 2.75) is 57.7 Å². The van der Waals surface area contributed by atoms with Gasteiger partial charge in [0.05, 0.1) is 13.2 Å². The Morgan fingerprint density at radius 1 is 1.27 bits per heavy atom. The van der Waals surface area contributed by atoms with Crippen LogP contribution in [-0.2, 0) is 11.3 Å². The first kappa shape index (κ1) is 17.0. The zero-order valence-electron chi connectivity index (χ0n) is 13.7. The second-order valence-corrected chi connectivity index (χ2v) is 6.60. The van der Waals surface area contributed by atoms with E-state index in [1.807, 2.05) is 49.1 Å². The third kappa shape index (κ3) is 4.31. The van der Waals surface area contributed by atoms with Crippen molar-refractivity contribution in [1.82, 2.24) is 10.2 Å². The van der Waals surface area contributed by atoms with E-state index in [1.165, 1.54) is 0 Å². The third-order valence-corrected chi connectivity index (χ3v) is 4.62. The molecule has 0 spiro atoms. The van der Waals surface area contributed by atoms with Gasteiger partial charge in [-0.25, -0.2) is 0 Å². The highest BCUT2D eigenvalue weighted by Gasteiger charge is 2.33. The zero-order valence-corrected chi connectivity index (χ0v) is 13.7. The first-order valence-electron chi connectivity index (χ1n) is 8.26. The lowest BCUT2D eigenvalue weighted by atomic mass is 9.99. The number of nitrogens with one attached hydrogen (secondary N) is 1. The Bertz CT molecular complexity index is 467. The molecule has 2 N–H and O–H groups in total. The average Bonchev–Trinajstić information content (AvgIpc) is 3.00. The van der Waals surface area contributed by atoms with Crippen LogP contribution in [0, 0.1) is 0 Å². The fourth-order valence-electron chi connectivity index (χ4n) is 3.15. The fourth-order valence-corrected chi connectivity index (χ4v) is 3.15. The minimum absolute atomic E-state index is 0.0959. The van der Waals surface area contributed by atoms with Gasteiger partial charge in [-0.1, -0.05) is 43.2 Å². The molecule has 0 saturated heterocycles. The van der Waals surface area contributed by atoms with Crippen LogP contribution in [0.4, 0.5) is 0 Å². The number of carbonyl (C=O) groups is 1. The number of nitrogens with zero attached hydrogens (tertiary/aromatic N) is 1. The predicted molar refractivity (Wildman–Crippen MR) is 88.4 cm³/mol. The van der Waals surface area contributed by atoms with Gasteiger partial charge in [-0.15, -0.1) is 0 Å². The highest BCUT2D eigenvalue weighted by molar-refractivity contribution is 5.78. The molecule has 0 aliphatic heterocycles. The Morgan fingerprint density at radius 2 is 1.91 bits per heavy atom. The van der Waals surface area contributed by atoms with Crippen molar-refractivity contribution in [2.75, 3.05) is 13.2 Å². The topological polar surface area (TPSA) is 52.6 Å². The number of hydrogen-bond acceptors (Lipinski definition) is 3. The Morgan fingerprint density at radius 3 is 2.45 bits per heavy atom. The van der Waals surface area contributed by atoms with E-state index in [0.29, 0.717) is 13.1 Å². The summed E-state index contributed by atoms with van der Waals surface area (Å²) in [6, 6.07) is 10.2. The van der Waals surface area contributed by atoms with Gasteiger partial charge in [0.2, 0.25) is 5.91 Å². The lowest BCUT2D eigenvalue weighted by molar-refractivity contribution is -0.133. The standard InChI is InChI=1S/C18H28N2O2/c1-15(2)20(13-16-8-4-3-5-9-16)17(22)12-19-18(14-21)10-6-7-11-18/h3-5,8-9,15,19,21H,6-7,10-14H2,1-2H3. The maximum atomic E-state index is 12.6. The maximum absolute atomic E-state index is 12.6. The zero-order chi connectivity index (χ0) is 16.0. The van der Waals surface area contributed by atoms with Crippen LogP contribution in [-0.4, -0.2) is 40.6 Å². The lowest BCUT2D eigenvalue weighted by Crippen LogP contribution is -2.51. The first-order chi connectivity index (χ1) is 10.6. The molecule has 4 heteroatoms. The molecule has 1 aliphatic carbocycles. The molecule has 0 bridgehead atoms. The van der Waals surface area contributed by atoms with Gasteiger partial charge in [0.15, 0.2) is 0 Å². The van der Waals surface area contributed by atoms with E-state index in [2.05, 4.69) is 5.32 Å². The van der Waals surface area contributed by atoms with Crippen LogP contribution in [0.1, 0.15) is 45.1 Å². The summed E-state index contributed by atoms with van der Waals surface area (Å²) < 4.78 is 0. The molecule has 0 heterocycles. The van der Waals surface area contributed by atoms with Crippen LogP contribution in [0.3, 0.4) is 0 Å². The fraction of sp³-hybridized carbons (Fsp3) is 0.611. The van der Waals surface area contributed by atoms with Crippen LogP contribution < -0.4 is 5.32 Å². The normalized spacial score (nSPS) is 16.9. The molecule has 2 rings (SSSR count). The van der Waals surface area contributed by atoms with Crippen LogP contribution >= 0.6 is 0 Å². The Hall–Kier alpha value is -1.39. The predicted octanol–water partition coefficient (Wildman–Crippen LogP) is 2.32. The molecule has 0 aromatic heterocycles. The number of hydrogen-bond donors (Lipinski definition) is 2. The van der Waals surface area contributed by atoms with Gasteiger partial charge in [-0.2, -0.15) is 0 Å². The van der Waals surface area contributed by atoms with Gasteiger partial charge >= 0.3 is 0 Å². The van der Waals surface area contributed by atoms with Gasteiger partial charge in [-0.3, -0.25) is 4.79 Å². The number of aliphatic hydroxyl groups is 1. The molecule has 0 atom stereocenters.